The van der Waals surface area contributed by atoms with Gasteiger partial charge in [-0.25, -0.2) is 0 Å². The van der Waals surface area contributed by atoms with Crippen LogP contribution in [0.4, 0.5) is 0 Å². The summed E-state index contributed by atoms with van der Waals surface area (Å²) < 4.78 is 0. The monoisotopic (exact) mass is 242 g/mol. The predicted molar refractivity (Wildman–Crippen MR) is 58.1 cm³/mol. The molecule has 4 nitrogen and oxygen atoms in total. The molecule has 0 atom stereocenters. The van der Waals surface area contributed by atoms with Crippen molar-refractivity contribution >= 4 is 16.8 Å². The standard InChI is InChI=1S/C11H11N2O2.K/c14-11(13-15)6-5-8-7-12-10-4-2-1-3-9(8)10;/h1-4,7,12H,5-6H2,(H-,13,14,15);/q-1;+1. The molecule has 0 saturated carbocycles. The van der Waals surface area contributed by atoms with E-state index in [1.54, 1.807) is 0 Å². The number of carbonyl (C=O) groups excluding carboxylic acids is 1. The summed E-state index contributed by atoms with van der Waals surface area (Å²) >= 11 is 0. The number of hydroxylamine groups is 1. The van der Waals surface area contributed by atoms with Gasteiger partial charge in [-0.15, -0.1) is 0 Å². The number of rotatable bonds is 3. The largest absolute Gasteiger partial charge is 1.00 e. The number of aromatic nitrogens is 1. The molecule has 0 fully saturated rings. The number of fused-ring (bicyclic) bond motifs is 1. The Labute approximate surface area is 136 Å². The molecule has 0 spiro atoms. The van der Waals surface area contributed by atoms with Gasteiger partial charge in [-0.3, -0.25) is 4.79 Å². The first-order valence-corrected chi connectivity index (χ1v) is 4.77. The van der Waals surface area contributed by atoms with Gasteiger partial charge in [0.15, 0.2) is 0 Å². The molecule has 78 valence electrons. The Morgan fingerprint density at radius 2 is 2.12 bits per heavy atom. The summed E-state index contributed by atoms with van der Waals surface area (Å²) in [5.41, 5.74) is 3.49. The number of nitrogens with one attached hydrogen (secondary N) is 2. The molecule has 16 heavy (non-hydrogen) atoms. The van der Waals surface area contributed by atoms with Crippen molar-refractivity contribution in [1.29, 1.82) is 0 Å². The van der Waals surface area contributed by atoms with Crippen LogP contribution in [0.5, 0.6) is 0 Å². The van der Waals surface area contributed by atoms with Crippen LogP contribution in [0.3, 0.4) is 0 Å². The second-order valence-corrected chi connectivity index (χ2v) is 3.38. The Morgan fingerprint density at radius 1 is 1.38 bits per heavy atom. The molecule has 0 aliphatic rings. The number of carbonyl (C=O) groups is 1. The number of benzene rings is 1. The molecule has 1 aromatic carbocycles. The molecule has 2 N–H and O–H groups in total. The third-order valence-corrected chi connectivity index (χ3v) is 2.41. The average Bonchev–Trinajstić information content (AvgIpc) is 2.69. The molecule has 1 amide bonds. The molecule has 0 bridgehead atoms. The number of hydrogen-bond acceptors (Lipinski definition) is 2. The SMILES string of the molecule is O=C(CCc1c[nH]c2ccccc12)N[O-].[K+]. The quantitative estimate of drug-likeness (QED) is 0.520. The molecule has 1 heterocycles. The second-order valence-electron chi connectivity index (χ2n) is 3.38. The maximum Gasteiger partial charge on any atom is 1.00 e. The van der Waals surface area contributed by atoms with E-state index in [0.29, 0.717) is 6.42 Å². The van der Waals surface area contributed by atoms with E-state index < -0.39 is 5.91 Å². The Morgan fingerprint density at radius 3 is 2.88 bits per heavy atom. The molecular formula is C11H11KN2O2. The van der Waals surface area contributed by atoms with Crippen molar-refractivity contribution in [2.45, 2.75) is 12.8 Å². The molecule has 0 aliphatic carbocycles. The number of H-pyrrole nitrogens is 1. The first-order valence-electron chi connectivity index (χ1n) is 4.77. The van der Waals surface area contributed by atoms with Gasteiger partial charge >= 0.3 is 51.4 Å². The summed E-state index contributed by atoms with van der Waals surface area (Å²) in [5, 5.41) is 11.2. The molecule has 5 heteroatoms. The maximum absolute atomic E-state index is 10.8. The van der Waals surface area contributed by atoms with Crippen LogP contribution in [0.25, 0.3) is 10.9 Å². The van der Waals surface area contributed by atoms with Crippen LogP contribution in [-0.2, 0) is 11.2 Å². The summed E-state index contributed by atoms with van der Waals surface area (Å²) in [7, 11) is 0. The third kappa shape index (κ3) is 3.16. The number of amides is 1. The minimum Gasteiger partial charge on any atom is -0.759 e. The second kappa shape index (κ2) is 6.53. The van der Waals surface area contributed by atoms with Crippen LogP contribution in [0, 0.1) is 5.21 Å². The topological polar surface area (TPSA) is 68.0 Å². The zero-order valence-electron chi connectivity index (χ0n) is 9.12. The summed E-state index contributed by atoms with van der Waals surface area (Å²) in [6.45, 7) is 0. The summed E-state index contributed by atoms with van der Waals surface area (Å²) in [6, 6.07) is 7.88. The molecule has 2 rings (SSSR count). The first kappa shape index (κ1) is 13.9. The minimum absolute atomic E-state index is 0. The van der Waals surface area contributed by atoms with Crippen LogP contribution >= 0.6 is 0 Å². The molecule has 2 aromatic rings. The number of aryl methyl sites for hydroxylation is 1. The fraction of sp³-hybridized carbons (Fsp3) is 0.182. The Bertz CT molecular complexity index is 482. The van der Waals surface area contributed by atoms with Crippen LogP contribution < -0.4 is 56.9 Å². The number of hydrogen-bond donors (Lipinski definition) is 2. The normalized spacial score (nSPS) is 9.81. The van der Waals surface area contributed by atoms with E-state index >= 15 is 0 Å². The van der Waals surface area contributed by atoms with Crippen LogP contribution in [0.15, 0.2) is 30.5 Å². The van der Waals surface area contributed by atoms with Gasteiger partial charge in [-0.2, -0.15) is 0 Å². The Hall–Kier alpha value is -0.174. The number of aromatic amines is 1. The van der Waals surface area contributed by atoms with Crippen molar-refractivity contribution in [2.24, 2.45) is 0 Å². The van der Waals surface area contributed by atoms with E-state index in [2.05, 4.69) is 4.98 Å². The van der Waals surface area contributed by atoms with Crippen molar-refractivity contribution in [1.82, 2.24) is 10.5 Å². The van der Waals surface area contributed by atoms with Crippen LogP contribution in [0.1, 0.15) is 12.0 Å². The average molecular weight is 242 g/mol. The molecular weight excluding hydrogens is 231 g/mol. The van der Waals surface area contributed by atoms with Gasteiger partial charge in [0, 0.05) is 23.5 Å². The molecule has 0 radical (unpaired) electrons. The maximum atomic E-state index is 10.8. The van der Waals surface area contributed by atoms with Crippen molar-refractivity contribution < 1.29 is 56.2 Å². The van der Waals surface area contributed by atoms with Gasteiger partial charge in [0.1, 0.15) is 0 Å². The Kier molecular flexibility index (Phi) is 5.67. The molecule has 0 unspecified atom stereocenters. The van der Waals surface area contributed by atoms with Gasteiger partial charge in [0.05, 0.1) is 0 Å². The summed E-state index contributed by atoms with van der Waals surface area (Å²) in [6.07, 6.45) is 2.69. The summed E-state index contributed by atoms with van der Waals surface area (Å²) in [5.74, 6) is -0.472. The zero-order valence-corrected chi connectivity index (χ0v) is 12.2. The van der Waals surface area contributed by atoms with E-state index in [0.717, 1.165) is 16.5 Å². The zero-order chi connectivity index (χ0) is 10.7. The van der Waals surface area contributed by atoms with E-state index in [-0.39, 0.29) is 57.8 Å². The molecule has 0 aliphatic heterocycles. The van der Waals surface area contributed by atoms with Crippen molar-refractivity contribution in [2.75, 3.05) is 0 Å². The molecule has 0 saturated heterocycles. The van der Waals surface area contributed by atoms with Crippen molar-refractivity contribution in [3.63, 3.8) is 0 Å². The fourth-order valence-corrected chi connectivity index (χ4v) is 1.64. The van der Waals surface area contributed by atoms with Crippen molar-refractivity contribution in [3.8, 4) is 0 Å². The van der Waals surface area contributed by atoms with E-state index in [1.165, 1.54) is 5.48 Å². The fourth-order valence-electron chi connectivity index (χ4n) is 1.64. The van der Waals surface area contributed by atoms with E-state index in [9.17, 15) is 10.0 Å². The van der Waals surface area contributed by atoms with Gasteiger partial charge < -0.3 is 15.7 Å². The van der Waals surface area contributed by atoms with E-state index in [1.807, 2.05) is 30.5 Å². The van der Waals surface area contributed by atoms with E-state index in [4.69, 9.17) is 0 Å². The third-order valence-electron chi connectivity index (χ3n) is 2.41. The molecule has 1 aromatic heterocycles. The van der Waals surface area contributed by atoms with Crippen LogP contribution in [-0.4, -0.2) is 10.9 Å². The van der Waals surface area contributed by atoms with Gasteiger partial charge in [-0.05, 0) is 18.1 Å². The van der Waals surface area contributed by atoms with Gasteiger partial charge in [0.25, 0.3) is 0 Å². The van der Waals surface area contributed by atoms with Crippen LogP contribution in [0.2, 0.25) is 0 Å². The smallest absolute Gasteiger partial charge is 0.759 e. The summed E-state index contributed by atoms with van der Waals surface area (Å²) in [4.78, 5) is 13.9. The number of para-hydroxylation sites is 1. The first-order chi connectivity index (χ1) is 7.31. The van der Waals surface area contributed by atoms with Crippen molar-refractivity contribution in [3.05, 3.63) is 41.2 Å². The minimum atomic E-state index is -0.472. The van der Waals surface area contributed by atoms with Gasteiger partial charge in [-0.1, -0.05) is 18.2 Å². The van der Waals surface area contributed by atoms with Gasteiger partial charge in [0.2, 0.25) is 5.91 Å². The predicted octanol–water partition coefficient (Wildman–Crippen LogP) is -1.28. The Balaban J connectivity index is 0.00000128.